The molecule has 1 aromatic heterocycles. The summed E-state index contributed by atoms with van der Waals surface area (Å²) in [6.07, 6.45) is -1.15. The number of rotatable bonds is 5. The molecule has 0 unspecified atom stereocenters. The van der Waals surface area contributed by atoms with Crippen LogP contribution in [0.15, 0.2) is 0 Å². The van der Waals surface area contributed by atoms with Gasteiger partial charge in [0.2, 0.25) is 0 Å². The molecule has 0 saturated carbocycles. The van der Waals surface area contributed by atoms with Gasteiger partial charge in [-0.15, -0.1) is 0 Å². The van der Waals surface area contributed by atoms with Gasteiger partial charge in [-0.2, -0.15) is 5.10 Å². The Kier molecular flexibility index (Phi) is 6.56. The van der Waals surface area contributed by atoms with Crippen molar-refractivity contribution >= 4 is 29.5 Å². The fourth-order valence-corrected chi connectivity index (χ4v) is 2.12. The van der Waals surface area contributed by atoms with Gasteiger partial charge in [0.05, 0.1) is 5.69 Å². The summed E-state index contributed by atoms with van der Waals surface area (Å²) in [5.74, 6) is -1.20. The lowest BCUT2D eigenvalue weighted by atomic mass is 10.2. The summed E-state index contributed by atoms with van der Waals surface area (Å²) in [6, 6.07) is -0.683. The SMILES string of the molecule is CNC(=O)NC(=O)[C@@H](C)OC(=O)c1c(C)nn(CC(C)C)c1Cl. The lowest BCUT2D eigenvalue weighted by Gasteiger charge is -2.12. The predicted octanol–water partition coefficient (Wildman–Crippen LogP) is 1.50. The molecule has 0 spiro atoms. The Morgan fingerprint density at radius 2 is 1.91 bits per heavy atom. The van der Waals surface area contributed by atoms with Gasteiger partial charge >= 0.3 is 12.0 Å². The van der Waals surface area contributed by atoms with E-state index >= 15 is 0 Å². The van der Waals surface area contributed by atoms with Crippen molar-refractivity contribution in [3.05, 3.63) is 16.4 Å². The van der Waals surface area contributed by atoms with Crippen molar-refractivity contribution in [2.24, 2.45) is 5.92 Å². The molecule has 2 N–H and O–H groups in total. The fourth-order valence-electron chi connectivity index (χ4n) is 1.80. The number of esters is 1. The molecule has 0 bridgehead atoms. The van der Waals surface area contributed by atoms with Gasteiger partial charge in [-0.25, -0.2) is 9.59 Å². The van der Waals surface area contributed by atoms with E-state index in [9.17, 15) is 14.4 Å². The zero-order chi connectivity index (χ0) is 17.7. The fraction of sp³-hybridized carbons (Fsp3) is 0.571. The number of halogens is 1. The maximum Gasteiger partial charge on any atom is 0.343 e. The van der Waals surface area contributed by atoms with Crippen LogP contribution in [0.2, 0.25) is 5.15 Å². The summed E-state index contributed by atoms with van der Waals surface area (Å²) in [7, 11) is 1.37. The number of nitrogens with zero attached hydrogens (tertiary/aromatic N) is 2. The standard InChI is InChI=1S/C14H21ClN4O4/c1-7(2)6-19-11(15)10(8(3)18-19)13(21)23-9(4)12(20)17-14(22)16-5/h7,9H,6H2,1-5H3,(H2,16,17,20,22)/t9-/m1/s1. The van der Waals surface area contributed by atoms with E-state index in [0.717, 1.165) is 0 Å². The molecule has 0 radical (unpaired) electrons. The lowest BCUT2D eigenvalue weighted by Crippen LogP contribution is -2.43. The van der Waals surface area contributed by atoms with Gasteiger partial charge in [0.15, 0.2) is 6.10 Å². The number of hydrogen-bond donors (Lipinski definition) is 2. The van der Waals surface area contributed by atoms with Crippen molar-refractivity contribution in [3.63, 3.8) is 0 Å². The monoisotopic (exact) mass is 344 g/mol. The van der Waals surface area contributed by atoms with Gasteiger partial charge in [-0.3, -0.25) is 14.8 Å². The van der Waals surface area contributed by atoms with E-state index in [1.54, 1.807) is 6.92 Å². The number of aryl methyl sites for hydroxylation is 1. The van der Waals surface area contributed by atoms with Crippen LogP contribution in [0.3, 0.4) is 0 Å². The number of urea groups is 1. The molecular weight excluding hydrogens is 324 g/mol. The topological polar surface area (TPSA) is 102 Å². The van der Waals surface area contributed by atoms with Crippen LogP contribution < -0.4 is 10.6 Å². The molecule has 0 aromatic carbocycles. The summed E-state index contributed by atoms with van der Waals surface area (Å²) < 4.78 is 6.58. The van der Waals surface area contributed by atoms with E-state index in [0.29, 0.717) is 18.2 Å². The highest BCUT2D eigenvalue weighted by Crippen LogP contribution is 2.22. The second kappa shape index (κ2) is 7.96. The smallest absolute Gasteiger partial charge is 0.343 e. The van der Waals surface area contributed by atoms with Crippen LogP contribution in [0.5, 0.6) is 0 Å². The molecule has 1 atom stereocenters. The molecule has 0 aliphatic heterocycles. The summed E-state index contributed by atoms with van der Waals surface area (Å²) in [6.45, 7) is 7.54. The van der Waals surface area contributed by atoms with Gasteiger partial charge in [0.25, 0.3) is 5.91 Å². The second-order valence-electron chi connectivity index (χ2n) is 5.44. The number of hydrogen-bond acceptors (Lipinski definition) is 5. The number of carbonyl (C=O) groups excluding carboxylic acids is 3. The number of nitrogens with one attached hydrogen (secondary N) is 2. The highest BCUT2D eigenvalue weighted by molar-refractivity contribution is 6.32. The lowest BCUT2D eigenvalue weighted by molar-refractivity contribution is -0.127. The Labute approximate surface area is 139 Å². The molecule has 8 nitrogen and oxygen atoms in total. The first kappa shape index (κ1) is 19.0. The van der Waals surface area contributed by atoms with Crippen LogP contribution >= 0.6 is 11.6 Å². The molecule has 0 aliphatic rings. The minimum absolute atomic E-state index is 0.118. The van der Waals surface area contributed by atoms with Crippen LogP contribution in [-0.4, -0.2) is 40.8 Å². The normalized spacial score (nSPS) is 12.0. The van der Waals surface area contributed by atoms with Crippen molar-refractivity contribution in [3.8, 4) is 0 Å². The van der Waals surface area contributed by atoms with E-state index in [1.807, 2.05) is 19.2 Å². The van der Waals surface area contributed by atoms with E-state index in [2.05, 4.69) is 10.4 Å². The van der Waals surface area contributed by atoms with E-state index in [1.165, 1.54) is 18.7 Å². The van der Waals surface area contributed by atoms with E-state index in [-0.39, 0.29) is 10.7 Å². The van der Waals surface area contributed by atoms with Crippen molar-refractivity contribution in [2.75, 3.05) is 7.05 Å². The zero-order valence-corrected chi connectivity index (χ0v) is 14.5. The van der Waals surface area contributed by atoms with E-state index < -0.39 is 24.0 Å². The van der Waals surface area contributed by atoms with Crippen molar-refractivity contribution < 1.29 is 19.1 Å². The summed E-state index contributed by atoms with van der Waals surface area (Å²) in [5.41, 5.74) is 0.534. The number of amides is 3. The Bertz CT molecular complexity index is 612. The van der Waals surface area contributed by atoms with Crippen molar-refractivity contribution in [1.82, 2.24) is 20.4 Å². The largest absolute Gasteiger partial charge is 0.449 e. The van der Waals surface area contributed by atoms with Crippen molar-refractivity contribution in [2.45, 2.75) is 40.3 Å². The predicted molar refractivity (Wildman–Crippen MR) is 84.3 cm³/mol. The van der Waals surface area contributed by atoms with Crippen LogP contribution in [0.25, 0.3) is 0 Å². The van der Waals surface area contributed by atoms with Crippen LogP contribution in [-0.2, 0) is 16.1 Å². The average Bonchev–Trinajstić information content (AvgIpc) is 2.72. The number of aromatic nitrogens is 2. The van der Waals surface area contributed by atoms with E-state index in [4.69, 9.17) is 16.3 Å². The molecule has 0 saturated heterocycles. The first-order valence-electron chi connectivity index (χ1n) is 7.13. The van der Waals surface area contributed by atoms with Gasteiger partial charge < -0.3 is 10.1 Å². The molecule has 0 fully saturated rings. The first-order valence-corrected chi connectivity index (χ1v) is 7.51. The number of imide groups is 1. The first-order chi connectivity index (χ1) is 10.7. The molecular formula is C14H21ClN4O4. The zero-order valence-electron chi connectivity index (χ0n) is 13.8. The maximum atomic E-state index is 12.2. The van der Waals surface area contributed by atoms with Crippen LogP contribution in [0, 0.1) is 12.8 Å². The molecule has 3 amide bonds. The van der Waals surface area contributed by atoms with Crippen molar-refractivity contribution in [1.29, 1.82) is 0 Å². The number of carbonyl (C=O) groups is 3. The molecule has 1 aromatic rings. The molecule has 23 heavy (non-hydrogen) atoms. The Morgan fingerprint density at radius 1 is 1.30 bits per heavy atom. The average molecular weight is 345 g/mol. The van der Waals surface area contributed by atoms with Gasteiger partial charge in [0.1, 0.15) is 10.7 Å². The summed E-state index contributed by atoms with van der Waals surface area (Å²) >= 11 is 6.17. The summed E-state index contributed by atoms with van der Waals surface area (Å²) in [4.78, 5) is 35.0. The quantitative estimate of drug-likeness (QED) is 0.788. The minimum atomic E-state index is -1.15. The van der Waals surface area contributed by atoms with Gasteiger partial charge in [-0.1, -0.05) is 25.4 Å². The Morgan fingerprint density at radius 3 is 2.43 bits per heavy atom. The Hall–Kier alpha value is -2.09. The van der Waals surface area contributed by atoms with Crippen LogP contribution in [0.4, 0.5) is 4.79 Å². The van der Waals surface area contributed by atoms with Crippen LogP contribution in [0.1, 0.15) is 36.8 Å². The molecule has 1 heterocycles. The third kappa shape index (κ3) is 4.95. The van der Waals surface area contributed by atoms with Gasteiger partial charge in [0, 0.05) is 13.6 Å². The number of ether oxygens (including phenoxy) is 1. The second-order valence-corrected chi connectivity index (χ2v) is 5.80. The third-order valence-corrected chi connectivity index (χ3v) is 3.31. The highest BCUT2D eigenvalue weighted by atomic mass is 35.5. The molecule has 1 rings (SSSR count). The summed E-state index contributed by atoms with van der Waals surface area (Å²) in [5, 5.41) is 8.63. The maximum absolute atomic E-state index is 12.2. The third-order valence-electron chi connectivity index (χ3n) is 2.92. The highest BCUT2D eigenvalue weighted by Gasteiger charge is 2.26. The molecule has 0 aliphatic carbocycles. The molecule has 9 heteroatoms. The Balaban J connectivity index is 2.84. The minimum Gasteiger partial charge on any atom is -0.449 e. The molecule has 128 valence electrons. The van der Waals surface area contributed by atoms with Gasteiger partial charge in [-0.05, 0) is 19.8 Å².